The molecule has 13 atom stereocenters. The predicted octanol–water partition coefficient (Wildman–Crippen LogP) is -0.631. The number of ketones is 2. The van der Waals surface area contributed by atoms with Crippen molar-refractivity contribution in [3.63, 3.8) is 0 Å². The van der Waals surface area contributed by atoms with Gasteiger partial charge in [-0.3, -0.25) is 82.7 Å². The van der Waals surface area contributed by atoms with E-state index in [0.717, 1.165) is 21.6 Å². The molecule has 0 bridgehead atoms. The van der Waals surface area contributed by atoms with Gasteiger partial charge < -0.3 is 105 Å². The first-order valence-corrected chi connectivity index (χ1v) is 43.4. The normalized spacial score (nSPS) is 22.0. The van der Waals surface area contributed by atoms with Gasteiger partial charge in [-0.2, -0.15) is 0 Å². The number of nitrogens with one attached hydrogen (secondary N) is 15. The summed E-state index contributed by atoms with van der Waals surface area (Å²) in [5, 5.41) is 53.0. The van der Waals surface area contributed by atoms with E-state index in [2.05, 4.69) is 78.1 Å². The highest BCUT2D eigenvalue weighted by molar-refractivity contribution is 8.76. The van der Waals surface area contributed by atoms with Crippen LogP contribution in [0.2, 0.25) is 0 Å². The number of nitrogens with two attached hydrogens (primary N) is 3. The van der Waals surface area contributed by atoms with Gasteiger partial charge in [0, 0.05) is 126 Å². The number of Topliss-reactive ketones (excluding diaryl/α,β-unsaturated/α-hetero) is 2. The second kappa shape index (κ2) is 46.0. The largest absolute Gasteiger partial charge is 0.481 e. The molecule has 0 aliphatic carbocycles. The Balaban J connectivity index is 1.07. The number of imidazole rings is 2. The molecule has 654 valence electrons. The van der Waals surface area contributed by atoms with Gasteiger partial charge in [-0.25, -0.2) is 9.97 Å². The molecule has 0 unspecified atom stereocenters. The number of aliphatic carboxylic acids is 1. The number of unbranched alkanes of at least 4 members (excludes halogenated alkanes) is 1. The maximum atomic E-state index is 16.0. The minimum Gasteiger partial charge on any atom is -0.481 e. The van der Waals surface area contributed by atoms with Gasteiger partial charge in [0.2, 0.25) is 70.9 Å². The number of guanidine groups is 2. The monoisotopic (exact) mass is 1710 g/mol. The third kappa shape index (κ3) is 27.6. The smallest absolute Gasteiger partial charge is 0.303 e. The minimum absolute atomic E-state index is 0.0130. The number of carboxylic acid groups (broad SMARTS) is 1. The van der Waals surface area contributed by atoms with E-state index in [4.69, 9.17) is 28.0 Å². The van der Waals surface area contributed by atoms with E-state index in [0.29, 0.717) is 52.7 Å². The number of rotatable bonds is 35. The topological polar surface area (TPSA) is 605 Å². The quantitative estimate of drug-likeness (QED) is 0.0104. The van der Waals surface area contributed by atoms with Gasteiger partial charge in [0.05, 0.1) is 48.0 Å². The Morgan fingerprint density at radius 3 is 1.73 bits per heavy atom. The zero-order chi connectivity index (χ0) is 87.2. The third-order valence-electron chi connectivity index (χ3n) is 21.8. The molecule has 4 saturated heterocycles. The van der Waals surface area contributed by atoms with Gasteiger partial charge in [-0.05, 0) is 94.2 Å². The summed E-state index contributed by atoms with van der Waals surface area (Å²) in [6.45, 7) is 3.32. The Hall–Kier alpha value is -11.9. The van der Waals surface area contributed by atoms with Crippen molar-refractivity contribution < 1.29 is 77.0 Å². The molecule has 7 heterocycles. The second-order valence-electron chi connectivity index (χ2n) is 30.8. The number of benzene rings is 2. The fourth-order valence-corrected chi connectivity index (χ4v) is 18.1. The first kappa shape index (κ1) is 93.0. The SMILES string of the molecule is CCCC[C@H](NC(=O)[C@H](CCC(=O)O)NC(=O)[C@@H](CCCNC(=N)N)NC(=O)[C@@H]1CCCN1C(=O)[C@@H]1CCCN1C(=O)[C@@H]1CSSC[C@H](CC(=O)[C@@H](CCCNC(=N)N)NC(C)=O)C(=O)N2CCC[C@H]2C(=O)N[C@@H](Cc2c[nH]cn2)C(=O)N[C@H](Cc2ccccc2)C(=O)N[C@@H](Cc2c[nH]cn2)C(=O)N[C@@H](Cc2c[nH]c3ccccc23)C(=O)C1)C(N)=O. The molecule has 12 amide bonds. The zero-order valence-electron chi connectivity index (χ0n) is 67.7. The van der Waals surface area contributed by atoms with E-state index in [1.807, 2.05) is 19.1 Å². The molecule has 121 heavy (non-hydrogen) atoms. The van der Waals surface area contributed by atoms with E-state index in [1.54, 1.807) is 48.7 Å². The number of carboxylic acids is 1. The molecule has 39 nitrogen and oxygen atoms in total. The molecule has 4 aliphatic heterocycles. The van der Waals surface area contributed by atoms with E-state index in [9.17, 15) is 38.7 Å². The number of primary amides is 1. The molecule has 4 fully saturated rings. The number of amides is 12. The summed E-state index contributed by atoms with van der Waals surface area (Å²) in [5.41, 5.74) is 19.2. The molecule has 2 aromatic carbocycles. The fraction of sp³-hybridized carbons (Fsp3) is 0.537. The second-order valence-corrected chi connectivity index (χ2v) is 33.3. The lowest BCUT2D eigenvalue weighted by atomic mass is 9.93. The average molecular weight is 1720 g/mol. The zero-order valence-corrected chi connectivity index (χ0v) is 69.4. The van der Waals surface area contributed by atoms with Crippen molar-refractivity contribution in [3.8, 4) is 0 Å². The molecule has 41 heteroatoms. The average Bonchev–Trinajstić information content (AvgIpc) is 1.68. The highest BCUT2D eigenvalue weighted by atomic mass is 33.1. The van der Waals surface area contributed by atoms with E-state index >= 15 is 38.4 Å². The molecule has 0 radical (unpaired) electrons. The summed E-state index contributed by atoms with van der Waals surface area (Å²) in [7, 11) is 2.14. The third-order valence-corrected chi connectivity index (χ3v) is 24.4. The predicted molar refractivity (Wildman–Crippen MR) is 447 cm³/mol. The number of fused-ring (bicyclic) bond motifs is 2. The Labute approximate surface area is 706 Å². The summed E-state index contributed by atoms with van der Waals surface area (Å²) in [5.74, 6) is -15.5. The van der Waals surface area contributed by atoms with Crippen LogP contribution in [0.4, 0.5) is 0 Å². The number of carbonyl (C=O) groups excluding carboxylic acids is 14. The minimum atomic E-state index is -1.54. The van der Waals surface area contributed by atoms with Crippen LogP contribution in [0.3, 0.4) is 0 Å². The van der Waals surface area contributed by atoms with Crippen LogP contribution in [-0.4, -0.2) is 256 Å². The van der Waals surface area contributed by atoms with Crippen LogP contribution < -0.4 is 70.4 Å². The van der Waals surface area contributed by atoms with Gasteiger partial charge >= 0.3 is 5.97 Å². The lowest BCUT2D eigenvalue weighted by Crippen LogP contribution is -2.60. The Morgan fingerprint density at radius 2 is 1.13 bits per heavy atom. The van der Waals surface area contributed by atoms with Crippen molar-refractivity contribution in [2.75, 3.05) is 44.2 Å². The number of H-pyrrole nitrogens is 3. The van der Waals surface area contributed by atoms with Crippen molar-refractivity contribution >= 4 is 133 Å². The molecule has 5 aromatic rings. The number of likely N-dealkylation sites (tertiary alicyclic amines) is 2. The van der Waals surface area contributed by atoms with Crippen molar-refractivity contribution in [3.05, 3.63) is 108 Å². The Morgan fingerprint density at radius 1 is 0.587 bits per heavy atom. The van der Waals surface area contributed by atoms with Crippen LogP contribution in [0.15, 0.2) is 85.8 Å². The Kier molecular flexibility index (Phi) is 35.4. The van der Waals surface area contributed by atoms with Crippen molar-refractivity contribution in [2.24, 2.45) is 29.0 Å². The summed E-state index contributed by atoms with van der Waals surface area (Å²) in [6, 6.07) is 1.01. The number of hydrogen-bond acceptors (Lipinski definition) is 21. The number of aromatic amines is 3. The lowest BCUT2D eigenvalue weighted by molar-refractivity contribution is -0.148. The molecular formula is C80H111N23O16S2. The Bertz CT molecular complexity index is 4480. The van der Waals surface area contributed by atoms with Crippen molar-refractivity contribution in [1.82, 2.24) is 92.8 Å². The lowest BCUT2D eigenvalue weighted by Gasteiger charge is -2.33. The number of aromatic nitrogens is 5. The van der Waals surface area contributed by atoms with E-state index < -0.39 is 192 Å². The molecule has 0 spiro atoms. The van der Waals surface area contributed by atoms with Crippen LogP contribution in [0.5, 0.6) is 0 Å². The fourth-order valence-electron chi connectivity index (χ4n) is 15.5. The highest BCUT2D eigenvalue weighted by Gasteiger charge is 2.47. The van der Waals surface area contributed by atoms with Gasteiger partial charge in [0.15, 0.2) is 23.5 Å². The highest BCUT2D eigenvalue weighted by Crippen LogP contribution is 2.35. The number of nitrogens with zero attached hydrogens (tertiary/aromatic N) is 5. The van der Waals surface area contributed by atoms with Gasteiger partial charge in [-0.15, -0.1) is 0 Å². The van der Waals surface area contributed by atoms with Gasteiger partial charge in [-0.1, -0.05) is 89.9 Å². The standard InChI is InChI=1S/C80H111N23O16S2/c1-3-4-18-55(68(81)109)94-70(111)57(25-26-67(107)108)95-69(110)56(21-11-28-89-80(84)85)96-74(115)63-23-13-30-102(63)78(119)64-24-14-31-103(64)77(118)49-35-66(106)58(33-47-38-90-53-19-9-8-17-52(47)53)97-72(113)60(36-50-39-86-43-91-50)99-71(112)59(32-46-15-6-5-7-16-46)98-73(114)61(37-51-40-87-44-92-51)100-75(116)62-22-12-29-101(62)76(117)48(41-120-121-42-49)34-65(105)54(93-45(2)104)20-10-27-88-79(82)83/h5-9,15-17,19,38-40,43-44,48-49,54-64,90H,3-4,10-14,18,20-37,41-42H2,1-2H3,(H2,81,109)(H,86,91)(H,87,92)(H,93,104)(H,94,111)(H,95,110)(H,96,115)(H,97,113)(H,98,114)(H,99,112)(H,100,116)(H,107,108)(H4,82,83,88)(H4,84,85,89)/t48-,49-,54+,55-,56+,57-,58-,59+,60-,61-,62-,63-,64-/m0/s1. The number of para-hydroxylation sites is 1. The number of carbonyl (C=O) groups is 15. The summed E-state index contributed by atoms with van der Waals surface area (Å²) >= 11 is 0. The van der Waals surface area contributed by atoms with Crippen LogP contribution in [0.1, 0.15) is 146 Å². The maximum absolute atomic E-state index is 16.0. The van der Waals surface area contributed by atoms with E-state index in [-0.39, 0.29) is 146 Å². The van der Waals surface area contributed by atoms with Crippen LogP contribution >= 0.6 is 21.6 Å². The summed E-state index contributed by atoms with van der Waals surface area (Å²) in [4.78, 5) is 241. The first-order valence-electron chi connectivity index (χ1n) is 40.9. The molecule has 9 rings (SSSR count). The van der Waals surface area contributed by atoms with E-state index in [1.165, 1.54) is 46.7 Å². The summed E-state index contributed by atoms with van der Waals surface area (Å²) < 4.78 is 0. The molecule has 3 aromatic heterocycles. The first-order chi connectivity index (χ1) is 58.0. The summed E-state index contributed by atoms with van der Waals surface area (Å²) in [6.07, 6.45) is 7.24. The van der Waals surface area contributed by atoms with Crippen LogP contribution in [-0.2, 0) is 97.6 Å². The van der Waals surface area contributed by atoms with Crippen molar-refractivity contribution in [2.45, 2.75) is 215 Å². The van der Waals surface area contributed by atoms with Gasteiger partial charge in [0.25, 0.3) is 0 Å². The van der Waals surface area contributed by atoms with Gasteiger partial charge in [0.1, 0.15) is 54.4 Å². The molecule has 22 N–H and O–H groups in total. The molecule has 4 aliphatic rings. The maximum Gasteiger partial charge on any atom is 0.303 e. The van der Waals surface area contributed by atoms with Crippen molar-refractivity contribution in [1.29, 1.82) is 10.8 Å². The number of hydrogen-bond donors (Lipinski definition) is 19. The molecule has 0 saturated carbocycles. The van der Waals surface area contributed by atoms with Crippen LogP contribution in [0, 0.1) is 22.7 Å². The molecular weight excluding hydrogens is 1600 g/mol. The van der Waals surface area contributed by atoms with Crippen LogP contribution in [0.25, 0.3) is 10.9 Å².